The molecular formula is C32H30ClFN4O5. The third-order valence-electron chi connectivity index (χ3n) is 7.06. The van der Waals surface area contributed by atoms with Crippen molar-refractivity contribution >= 4 is 34.9 Å². The van der Waals surface area contributed by atoms with Crippen molar-refractivity contribution in [3.8, 4) is 17.2 Å². The average molecular weight is 605 g/mol. The van der Waals surface area contributed by atoms with Crippen LogP contribution in [0.25, 0.3) is 5.69 Å². The van der Waals surface area contributed by atoms with Crippen LogP contribution >= 0.6 is 11.6 Å². The quantitative estimate of drug-likeness (QED) is 0.236. The number of halogens is 2. The molecule has 9 nitrogen and oxygen atoms in total. The van der Waals surface area contributed by atoms with Gasteiger partial charge in [-0.15, -0.1) is 0 Å². The van der Waals surface area contributed by atoms with Crippen LogP contribution in [0, 0.1) is 18.7 Å². The van der Waals surface area contributed by atoms with Crippen molar-refractivity contribution in [3.05, 3.63) is 105 Å². The molecule has 5 rings (SSSR count). The summed E-state index contributed by atoms with van der Waals surface area (Å²) >= 11 is 6.16. The second-order valence-corrected chi connectivity index (χ2v) is 10.5. The summed E-state index contributed by atoms with van der Waals surface area (Å²) in [5, 5.41) is 7.87. The van der Waals surface area contributed by atoms with Gasteiger partial charge in [-0.1, -0.05) is 23.7 Å². The van der Waals surface area contributed by atoms with E-state index in [1.165, 1.54) is 24.4 Å². The number of hydrogen-bond acceptors (Lipinski definition) is 7. The molecule has 1 aliphatic rings. The molecule has 1 unspecified atom stereocenters. The largest absolute Gasteiger partial charge is 0.466 e. The maximum Gasteiger partial charge on any atom is 0.310 e. The van der Waals surface area contributed by atoms with Gasteiger partial charge >= 0.3 is 5.97 Å². The molecule has 2 heterocycles. The number of aromatic nitrogens is 2. The van der Waals surface area contributed by atoms with Crippen molar-refractivity contribution < 1.29 is 23.5 Å². The fourth-order valence-corrected chi connectivity index (χ4v) is 5.02. The average Bonchev–Trinajstić information content (AvgIpc) is 3.01. The molecule has 1 N–H and O–H groups in total. The number of anilines is 2. The van der Waals surface area contributed by atoms with Crippen LogP contribution < -0.4 is 15.6 Å². The number of rotatable bonds is 8. The number of aryl methyl sites for hydroxylation is 1. The van der Waals surface area contributed by atoms with Crippen molar-refractivity contribution in [2.45, 2.75) is 26.7 Å². The van der Waals surface area contributed by atoms with Gasteiger partial charge in [0.15, 0.2) is 11.4 Å². The zero-order valence-electron chi connectivity index (χ0n) is 23.7. The summed E-state index contributed by atoms with van der Waals surface area (Å²) in [5.74, 6) is -0.881. The highest BCUT2D eigenvalue weighted by molar-refractivity contribution is 6.31. The smallest absolute Gasteiger partial charge is 0.310 e. The monoisotopic (exact) mass is 604 g/mol. The molecule has 1 aliphatic heterocycles. The van der Waals surface area contributed by atoms with Gasteiger partial charge in [0.05, 0.1) is 24.4 Å². The van der Waals surface area contributed by atoms with Crippen LogP contribution in [0.1, 0.15) is 35.7 Å². The van der Waals surface area contributed by atoms with E-state index in [1.54, 1.807) is 60.4 Å². The minimum Gasteiger partial charge on any atom is -0.466 e. The molecule has 0 radical (unpaired) electrons. The second-order valence-electron chi connectivity index (χ2n) is 10.1. The summed E-state index contributed by atoms with van der Waals surface area (Å²) in [4.78, 5) is 41.1. The first-order chi connectivity index (χ1) is 20.7. The van der Waals surface area contributed by atoms with Crippen molar-refractivity contribution in [2.75, 3.05) is 25.0 Å². The first-order valence-electron chi connectivity index (χ1n) is 13.9. The molecule has 1 atom stereocenters. The molecular weight excluding hydrogens is 575 g/mol. The normalized spacial score (nSPS) is 14.7. The second kappa shape index (κ2) is 13.1. The number of hydrogen-bond donors (Lipinski definition) is 1. The zero-order valence-corrected chi connectivity index (χ0v) is 24.4. The molecule has 43 heavy (non-hydrogen) atoms. The molecule has 0 aliphatic carbocycles. The third-order valence-corrected chi connectivity index (χ3v) is 7.48. The van der Waals surface area contributed by atoms with Crippen molar-refractivity contribution in [2.24, 2.45) is 5.92 Å². The van der Waals surface area contributed by atoms with Crippen molar-refractivity contribution in [1.82, 2.24) is 14.7 Å². The topological polar surface area (TPSA) is 103 Å². The number of esters is 1. The number of likely N-dealkylation sites (tertiary alicyclic amines) is 1. The lowest BCUT2D eigenvalue weighted by molar-refractivity contribution is -0.149. The van der Waals surface area contributed by atoms with E-state index in [0.717, 1.165) is 10.2 Å². The highest BCUT2D eigenvalue weighted by Gasteiger charge is 2.30. The summed E-state index contributed by atoms with van der Waals surface area (Å²) in [6, 6.07) is 17.3. The van der Waals surface area contributed by atoms with Crippen LogP contribution in [0.3, 0.4) is 0 Å². The molecule has 4 aromatic rings. The van der Waals surface area contributed by atoms with E-state index >= 15 is 0 Å². The van der Waals surface area contributed by atoms with Crippen LogP contribution in [0.2, 0.25) is 5.02 Å². The minimum absolute atomic E-state index is 0.0248. The van der Waals surface area contributed by atoms with E-state index in [4.69, 9.17) is 21.1 Å². The van der Waals surface area contributed by atoms with Gasteiger partial charge in [-0.2, -0.15) is 9.78 Å². The SMILES string of the molecule is CCOC(=O)C1CCCN(C(=O)c2cccc(Nc3c(Oc4ccc(Cl)c(C)c4)cnn(-c4cccc(F)c4)c3=O)c2)C1. The van der Waals surface area contributed by atoms with Gasteiger partial charge in [0.25, 0.3) is 11.5 Å². The van der Waals surface area contributed by atoms with Gasteiger partial charge in [0, 0.05) is 29.4 Å². The standard InChI is InChI=1S/C32H30ClFN4O5/c1-3-42-32(41)22-8-6-14-37(19-22)30(39)21-7-4-10-24(16-21)36-29-28(43-26-12-13-27(33)20(2)15-26)18-35-38(31(29)40)25-11-5-9-23(34)17-25/h4-5,7,9-13,15-18,22,36H,3,6,8,14,19H2,1-2H3. The Bertz CT molecular complexity index is 1730. The van der Waals surface area contributed by atoms with Crippen molar-refractivity contribution in [1.29, 1.82) is 0 Å². The van der Waals surface area contributed by atoms with Gasteiger partial charge < -0.3 is 19.7 Å². The first-order valence-corrected chi connectivity index (χ1v) is 14.3. The first kappa shape index (κ1) is 29.8. The number of nitrogens with zero attached hydrogens (tertiary/aromatic N) is 3. The van der Waals surface area contributed by atoms with Gasteiger partial charge in [-0.25, -0.2) is 4.39 Å². The van der Waals surface area contributed by atoms with Crippen LogP contribution in [-0.4, -0.2) is 46.3 Å². The van der Waals surface area contributed by atoms with Crippen LogP contribution in [-0.2, 0) is 9.53 Å². The highest BCUT2D eigenvalue weighted by atomic mass is 35.5. The maximum atomic E-state index is 14.0. The summed E-state index contributed by atoms with van der Waals surface area (Å²) in [6.45, 7) is 4.67. The van der Waals surface area contributed by atoms with E-state index in [-0.39, 0.29) is 48.1 Å². The van der Waals surface area contributed by atoms with Crippen LogP contribution in [0.15, 0.2) is 77.7 Å². The molecule has 0 bridgehead atoms. The maximum absolute atomic E-state index is 14.0. The molecule has 0 spiro atoms. The predicted octanol–water partition coefficient (Wildman–Crippen LogP) is 6.28. The van der Waals surface area contributed by atoms with E-state index in [0.29, 0.717) is 41.4 Å². The Labute approximate surface area is 252 Å². The summed E-state index contributed by atoms with van der Waals surface area (Å²) in [6.07, 6.45) is 2.71. The predicted molar refractivity (Wildman–Crippen MR) is 161 cm³/mol. The lowest BCUT2D eigenvalue weighted by Crippen LogP contribution is -2.42. The molecule has 1 amide bonds. The van der Waals surface area contributed by atoms with E-state index in [9.17, 15) is 18.8 Å². The Balaban J connectivity index is 1.47. The third kappa shape index (κ3) is 6.86. The van der Waals surface area contributed by atoms with Crippen molar-refractivity contribution in [3.63, 3.8) is 0 Å². The van der Waals surface area contributed by atoms with Gasteiger partial charge in [-0.05, 0) is 86.8 Å². The Hall–Kier alpha value is -4.70. The number of carbonyl (C=O) groups is 2. The van der Waals surface area contributed by atoms with Crippen LogP contribution in [0.5, 0.6) is 11.5 Å². The lowest BCUT2D eigenvalue weighted by atomic mass is 9.97. The Kier molecular flexibility index (Phi) is 9.06. The fourth-order valence-electron chi connectivity index (χ4n) is 4.90. The minimum atomic E-state index is -0.598. The molecule has 3 aromatic carbocycles. The van der Waals surface area contributed by atoms with E-state index in [1.807, 2.05) is 6.92 Å². The van der Waals surface area contributed by atoms with Crippen LogP contribution in [0.4, 0.5) is 15.8 Å². The number of benzene rings is 3. The summed E-state index contributed by atoms with van der Waals surface area (Å²) < 4.78 is 26.3. The Morgan fingerprint density at radius 3 is 2.70 bits per heavy atom. The molecule has 11 heteroatoms. The van der Waals surface area contributed by atoms with E-state index < -0.39 is 11.4 Å². The van der Waals surface area contributed by atoms with Gasteiger partial charge in [0.1, 0.15) is 11.6 Å². The molecule has 1 fully saturated rings. The number of ether oxygens (including phenoxy) is 2. The van der Waals surface area contributed by atoms with Gasteiger partial charge in [-0.3, -0.25) is 14.4 Å². The lowest BCUT2D eigenvalue weighted by Gasteiger charge is -2.31. The molecule has 222 valence electrons. The molecule has 0 saturated carbocycles. The Morgan fingerprint density at radius 2 is 1.93 bits per heavy atom. The fraction of sp³-hybridized carbons (Fsp3) is 0.250. The summed E-state index contributed by atoms with van der Waals surface area (Å²) in [5.41, 5.74) is 1.26. The van der Waals surface area contributed by atoms with E-state index in [2.05, 4.69) is 10.4 Å². The molecule has 1 saturated heterocycles. The number of amides is 1. The number of piperidine rings is 1. The summed E-state index contributed by atoms with van der Waals surface area (Å²) in [7, 11) is 0. The zero-order chi connectivity index (χ0) is 30.5. The highest BCUT2D eigenvalue weighted by Crippen LogP contribution is 2.31. The molecule has 1 aromatic heterocycles. The number of nitrogens with one attached hydrogen (secondary N) is 1. The Morgan fingerprint density at radius 1 is 1.12 bits per heavy atom. The van der Waals surface area contributed by atoms with Gasteiger partial charge in [0.2, 0.25) is 0 Å². The number of carbonyl (C=O) groups excluding carboxylic acids is 2.